The fraction of sp³-hybridized carbons (Fsp3) is 0.208. The molecule has 2 aromatic heterocycles. The summed E-state index contributed by atoms with van der Waals surface area (Å²) in [5, 5.41) is 9.61. The Morgan fingerprint density at radius 3 is 2.74 bits per heavy atom. The number of halogens is 1. The molecule has 1 atom stereocenters. The van der Waals surface area contributed by atoms with E-state index in [9.17, 15) is 4.79 Å². The van der Waals surface area contributed by atoms with E-state index in [0.29, 0.717) is 23.8 Å². The van der Waals surface area contributed by atoms with E-state index in [1.54, 1.807) is 29.0 Å². The van der Waals surface area contributed by atoms with Crippen molar-refractivity contribution in [3.63, 3.8) is 0 Å². The van der Waals surface area contributed by atoms with Gasteiger partial charge in [0.1, 0.15) is 18.2 Å². The lowest BCUT2D eigenvalue weighted by atomic mass is 10.1. The predicted octanol–water partition coefficient (Wildman–Crippen LogP) is 5.04. The van der Waals surface area contributed by atoms with Crippen LogP contribution in [0, 0.1) is 17.2 Å². The number of aryl methyl sites for hydroxylation is 1. The van der Waals surface area contributed by atoms with Gasteiger partial charge in [-0.05, 0) is 55.3 Å². The summed E-state index contributed by atoms with van der Waals surface area (Å²) >= 11 is 5.89. The van der Waals surface area contributed by atoms with E-state index in [2.05, 4.69) is 16.0 Å². The van der Waals surface area contributed by atoms with Crippen LogP contribution in [0.25, 0.3) is 16.7 Å². The Hall–Kier alpha value is -3.56. The van der Waals surface area contributed by atoms with Crippen LogP contribution in [0.1, 0.15) is 24.7 Å². The third kappa shape index (κ3) is 4.96. The van der Waals surface area contributed by atoms with E-state index in [1.807, 2.05) is 37.3 Å². The molecule has 156 valence electrons. The van der Waals surface area contributed by atoms with Crippen LogP contribution in [-0.2, 0) is 13.0 Å². The number of aromatic amines is 1. The summed E-state index contributed by atoms with van der Waals surface area (Å²) in [6.07, 6.45) is 3.16. The van der Waals surface area contributed by atoms with E-state index in [0.717, 1.165) is 34.5 Å². The zero-order valence-corrected chi connectivity index (χ0v) is 17.8. The normalized spacial score (nSPS) is 11.9. The number of pyridine rings is 1. The molecule has 1 N–H and O–H groups in total. The van der Waals surface area contributed by atoms with Gasteiger partial charge in [-0.1, -0.05) is 23.7 Å². The number of nitrogens with zero attached hydrogens (tertiary/aromatic N) is 3. The first-order valence-corrected chi connectivity index (χ1v) is 10.4. The van der Waals surface area contributed by atoms with Gasteiger partial charge in [0.2, 0.25) is 0 Å². The highest BCUT2D eigenvalue weighted by Crippen LogP contribution is 2.19. The van der Waals surface area contributed by atoms with Crippen LogP contribution in [0.15, 0.2) is 65.6 Å². The molecule has 0 saturated carbocycles. The van der Waals surface area contributed by atoms with Crippen LogP contribution in [0.5, 0.6) is 5.75 Å². The van der Waals surface area contributed by atoms with Gasteiger partial charge < -0.3 is 9.72 Å². The lowest BCUT2D eigenvalue weighted by Crippen LogP contribution is -2.16. The fourth-order valence-corrected chi connectivity index (χ4v) is 3.37. The molecule has 6 nitrogen and oxygen atoms in total. The minimum absolute atomic E-state index is 0.0113. The van der Waals surface area contributed by atoms with Gasteiger partial charge in [0, 0.05) is 29.6 Å². The number of benzene rings is 2. The molecule has 4 aromatic rings. The summed E-state index contributed by atoms with van der Waals surface area (Å²) in [5.41, 5.74) is 3.21. The molecule has 0 aliphatic carbocycles. The summed E-state index contributed by atoms with van der Waals surface area (Å²) in [7, 11) is 0. The number of rotatable bonds is 7. The monoisotopic (exact) mass is 432 g/mol. The maximum atomic E-state index is 12.7. The molecule has 0 saturated heterocycles. The van der Waals surface area contributed by atoms with Crippen LogP contribution >= 0.6 is 11.6 Å². The second-order valence-corrected chi connectivity index (χ2v) is 7.88. The van der Waals surface area contributed by atoms with Gasteiger partial charge in [0.25, 0.3) is 5.56 Å². The molecule has 0 radical (unpaired) electrons. The van der Waals surface area contributed by atoms with Crippen molar-refractivity contribution >= 4 is 22.6 Å². The summed E-state index contributed by atoms with van der Waals surface area (Å²) in [4.78, 5) is 20.5. The van der Waals surface area contributed by atoms with Crippen molar-refractivity contribution in [3.8, 4) is 17.5 Å². The Bertz CT molecular complexity index is 1300. The summed E-state index contributed by atoms with van der Waals surface area (Å²) < 4.78 is 7.30. The number of ether oxygens (including phenoxy) is 1. The average molecular weight is 433 g/mol. The van der Waals surface area contributed by atoms with E-state index < -0.39 is 0 Å². The third-order valence-corrected chi connectivity index (χ3v) is 5.29. The van der Waals surface area contributed by atoms with E-state index in [4.69, 9.17) is 21.6 Å². The Morgan fingerprint density at radius 2 is 2.00 bits per heavy atom. The summed E-state index contributed by atoms with van der Waals surface area (Å²) in [5.74, 6) is 1.34. The Balaban J connectivity index is 1.50. The Kier molecular flexibility index (Phi) is 6.06. The summed E-state index contributed by atoms with van der Waals surface area (Å²) in [6.45, 7) is 2.25. The first-order valence-electron chi connectivity index (χ1n) is 10.0. The molecule has 0 bridgehead atoms. The molecule has 0 fully saturated rings. The molecule has 0 aliphatic rings. The Morgan fingerprint density at radius 1 is 1.19 bits per heavy atom. The van der Waals surface area contributed by atoms with Gasteiger partial charge in [-0.3, -0.25) is 9.36 Å². The molecule has 0 aliphatic heterocycles. The van der Waals surface area contributed by atoms with Gasteiger partial charge in [0.15, 0.2) is 0 Å². The average Bonchev–Trinajstić information content (AvgIpc) is 3.19. The van der Waals surface area contributed by atoms with Crippen LogP contribution in [0.4, 0.5) is 0 Å². The maximum absolute atomic E-state index is 12.7. The number of nitrogens with one attached hydrogen (secondary N) is 1. The van der Waals surface area contributed by atoms with Crippen molar-refractivity contribution in [2.75, 3.05) is 0 Å². The van der Waals surface area contributed by atoms with Crippen molar-refractivity contribution in [3.05, 3.63) is 87.6 Å². The molecule has 1 unspecified atom stereocenters. The molecule has 2 aromatic carbocycles. The minimum Gasteiger partial charge on any atom is -0.489 e. The van der Waals surface area contributed by atoms with Crippen LogP contribution in [0.2, 0.25) is 5.02 Å². The number of imidazole rings is 1. The van der Waals surface area contributed by atoms with Crippen molar-refractivity contribution < 1.29 is 4.74 Å². The summed E-state index contributed by atoms with van der Waals surface area (Å²) in [6, 6.07) is 18.5. The molecule has 0 amide bonds. The van der Waals surface area contributed by atoms with Crippen LogP contribution in [0.3, 0.4) is 0 Å². The largest absolute Gasteiger partial charge is 0.489 e. The Labute approximate surface area is 184 Å². The zero-order chi connectivity index (χ0) is 21.8. The van der Waals surface area contributed by atoms with Crippen LogP contribution < -0.4 is 10.3 Å². The number of fused-ring (bicyclic) bond motifs is 1. The number of hydrogen-bond donors (Lipinski definition) is 1. The van der Waals surface area contributed by atoms with Gasteiger partial charge >= 0.3 is 0 Å². The smallest absolute Gasteiger partial charge is 0.258 e. The first kappa shape index (κ1) is 20.7. The predicted molar refractivity (Wildman–Crippen MR) is 121 cm³/mol. The third-order valence-electron chi connectivity index (χ3n) is 5.04. The van der Waals surface area contributed by atoms with E-state index in [-0.39, 0.29) is 11.5 Å². The SMILES string of the molecule is CC(C#N)CCc1nc2ccc(-n3ccc(OCc4ccc(Cl)cc4)cc3=O)cc2[nH]1. The number of H-pyrrole nitrogens is 1. The molecular weight excluding hydrogens is 412 g/mol. The highest BCUT2D eigenvalue weighted by Gasteiger charge is 2.08. The molecule has 0 spiro atoms. The second-order valence-electron chi connectivity index (χ2n) is 7.44. The lowest BCUT2D eigenvalue weighted by molar-refractivity contribution is 0.305. The van der Waals surface area contributed by atoms with E-state index >= 15 is 0 Å². The molecule has 4 rings (SSSR count). The highest BCUT2D eigenvalue weighted by molar-refractivity contribution is 6.30. The lowest BCUT2D eigenvalue weighted by Gasteiger charge is -2.09. The van der Waals surface area contributed by atoms with Crippen molar-refractivity contribution in [1.82, 2.24) is 14.5 Å². The zero-order valence-electron chi connectivity index (χ0n) is 17.0. The topological polar surface area (TPSA) is 83.7 Å². The highest BCUT2D eigenvalue weighted by atomic mass is 35.5. The molecule has 31 heavy (non-hydrogen) atoms. The van der Waals surface area contributed by atoms with Gasteiger partial charge in [0.05, 0.1) is 22.8 Å². The minimum atomic E-state index is -0.185. The first-order chi connectivity index (χ1) is 15.0. The maximum Gasteiger partial charge on any atom is 0.258 e. The van der Waals surface area contributed by atoms with Gasteiger partial charge in [-0.25, -0.2) is 4.98 Å². The standard InChI is InChI=1S/C24H21ClN4O2/c1-16(14-26)2-9-23-27-21-8-7-19(12-22(21)28-23)29-11-10-20(13-24(29)30)31-15-17-3-5-18(25)6-4-17/h3-8,10-13,16H,2,9,15H2,1H3,(H,27,28). The molecular formula is C24H21ClN4O2. The van der Waals surface area contributed by atoms with E-state index in [1.165, 1.54) is 6.07 Å². The fourth-order valence-electron chi connectivity index (χ4n) is 3.25. The quantitative estimate of drug-likeness (QED) is 0.443. The number of hydrogen-bond acceptors (Lipinski definition) is 4. The number of nitriles is 1. The molecule has 2 heterocycles. The van der Waals surface area contributed by atoms with Gasteiger partial charge in [-0.15, -0.1) is 0 Å². The van der Waals surface area contributed by atoms with Crippen LogP contribution in [-0.4, -0.2) is 14.5 Å². The molecule has 7 heteroatoms. The van der Waals surface area contributed by atoms with Crippen molar-refractivity contribution in [1.29, 1.82) is 5.26 Å². The second kappa shape index (κ2) is 9.07. The van der Waals surface area contributed by atoms with Crippen molar-refractivity contribution in [2.45, 2.75) is 26.4 Å². The van der Waals surface area contributed by atoms with Crippen molar-refractivity contribution in [2.24, 2.45) is 5.92 Å². The number of aromatic nitrogens is 3. The van der Waals surface area contributed by atoms with Gasteiger partial charge in [-0.2, -0.15) is 5.26 Å².